The topological polar surface area (TPSA) is 230 Å². The van der Waals surface area contributed by atoms with Gasteiger partial charge in [0.05, 0.1) is 24.2 Å². The van der Waals surface area contributed by atoms with Gasteiger partial charge in [0.15, 0.2) is 6.04 Å². The fourth-order valence-corrected chi connectivity index (χ4v) is 8.22. The third kappa shape index (κ3) is 6.15. The second-order valence-corrected chi connectivity index (χ2v) is 12.0. The van der Waals surface area contributed by atoms with Gasteiger partial charge in [0, 0.05) is 26.9 Å². The first-order valence-corrected chi connectivity index (χ1v) is 14.1. The van der Waals surface area contributed by atoms with Crippen LogP contribution < -0.4 is 21.3 Å². The van der Waals surface area contributed by atoms with E-state index in [0.29, 0.717) is 25.7 Å². The fraction of sp³-hybridized carbons (Fsp3) is 0.800. The van der Waals surface area contributed by atoms with Crippen molar-refractivity contribution >= 4 is 47.5 Å². The molecule has 0 bridgehead atoms. The lowest BCUT2D eigenvalue weighted by Gasteiger charge is -2.21. The van der Waals surface area contributed by atoms with E-state index in [2.05, 4.69) is 41.5 Å². The van der Waals surface area contributed by atoms with Gasteiger partial charge in [-0.15, -0.1) is 0 Å². The number of azo groups is 1. The number of azide groups is 1. The van der Waals surface area contributed by atoms with Gasteiger partial charge in [0.2, 0.25) is 0 Å². The van der Waals surface area contributed by atoms with Crippen LogP contribution in [0, 0.1) is 0 Å². The van der Waals surface area contributed by atoms with Crippen LogP contribution in [0.25, 0.3) is 10.4 Å². The molecule has 4 rings (SSSR count). The van der Waals surface area contributed by atoms with Gasteiger partial charge in [-0.05, 0) is 49.2 Å². The van der Waals surface area contributed by atoms with Crippen LogP contribution in [0.3, 0.4) is 0 Å². The predicted molar refractivity (Wildman–Crippen MR) is 134 cm³/mol. The summed E-state index contributed by atoms with van der Waals surface area (Å²) in [6.45, 7) is 0. The van der Waals surface area contributed by atoms with Crippen LogP contribution in [0.1, 0.15) is 38.5 Å². The van der Waals surface area contributed by atoms with Crippen molar-refractivity contribution in [2.75, 3.05) is 11.5 Å². The number of nitrogens with one attached hydrogen (secondary N) is 4. The number of carboxylic acid groups (broad SMARTS) is 2. The van der Waals surface area contributed by atoms with Crippen molar-refractivity contribution in [3.05, 3.63) is 10.4 Å². The number of urea groups is 2. The zero-order valence-electron chi connectivity index (χ0n) is 19.8. The van der Waals surface area contributed by atoms with Crippen LogP contribution >= 0.6 is 23.5 Å². The number of thioether (sulfide) groups is 2. The minimum atomic E-state index is -2.25. The van der Waals surface area contributed by atoms with Crippen molar-refractivity contribution in [3.8, 4) is 0 Å². The summed E-state index contributed by atoms with van der Waals surface area (Å²) < 4.78 is 0. The molecule has 15 nitrogen and oxygen atoms in total. The molecule has 8 atom stereocenters. The number of carbonyl (C=O) groups is 4. The van der Waals surface area contributed by atoms with Crippen molar-refractivity contribution in [1.29, 1.82) is 0 Å². The van der Waals surface area contributed by atoms with E-state index in [9.17, 15) is 29.4 Å². The maximum Gasteiger partial charge on any atom is 0.339 e. The number of hydrogen-bond acceptors (Lipinski definition) is 9. The Morgan fingerprint density at radius 2 is 1.57 bits per heavy atom. The molecule has 0 spiro atoms. The molecule has 2 unspecified atom stereocenters. The van der Waals surface area contributed by atoms with Crippen LogP contribution in [0.5, 0.6) is 0 Å². The van der Waals surface area contributed by atoms with E-state index in [1.165, 1.54) is 0 Å². The van der Waals surface area contributed by atoms with Crippen LogP contribution in [0.15, 0.2) is 15.3 Å². The van der Waals surface area contributed by atoms with Gasteiger partial charge < -0.3 is 31.5 Å². The molecule has 0 saturated carbocycles. The quantitative estimate of drug-likeness (QED) is 0.0844. The standard InChI is InChI=1S/C20H29N9O6S2/c21-29-28-20(17(32)33,6-2-5-13-15-11(8-37-13)23-19(35)25-15)27-26-9(16(30)31)3-1-4-12-14-10(7-36-12)22-18(34)24-14/h9-15H,1-8H2,(H,30,31)(H,32,33)(H2,22,24,34)(H2,23,25,35)/t9?,10-,11-,12-,13-,14-,15-,20?/m0/s1. The Kier molecular flexibility index (Phi) is 8.54. The summed E-state index contributed by atoms with van der Waals surface area (Å²) in [6.07, 6.45) is 1.96. The number of rotatable bonds is 13. The number of carboxylic acids is 2. The first-order chi connectivity index (χ1) is 17.7. The minimum Gasteiger partial charge on any atom is -0.480 e. The molecule has 0 aromatic rings. The molecule has 4 aliphatic heterocycles. The molecule has 0 aliphatic carbocycles. The Bertz CT molecular complexity index is 1010. The van der Waals surface area contributed by atoms with E-state index in [-0.39, 0.29) is 59.6 Å². The number of hydrogen-bond donors (Lipinski definition) is 6. The molecule has 4 fully saturated rings. The van der Waals surface area contributed by atoms with E-state index in [1.807, 2.05) is 0 Å². The summed E-state index contributed by atoms with van der Waals surface area (Å²) in [5.41, 5.74) is 6.77. The van der Waals surface area contributed by atoms with Crippen molar-refractivity contribution in [3.63, 3.8) is 0 Å². The SMILES string of the molecule is [N-]=[N+]=NC(CCC[C@@H]1SC[C@@H]2NC(=O)N[C@@H]21)(N=NC(CCC[C@@H]1SC[C@@H]2NC(=O)N[C@@H]21)C(=O)O)C(=O)O. The monoisotopic (exact) mass is 555 g/mol. The highest BCUT2D eigenvalue weighted by atomic mass is 32.2. The molecule has 4 saturated heterocycles. The van der Waals surface area contributed by atoms with Gasteiger partial charge >= 0.3 is 24.0 Å². The lowest BCUT2D eigenvalue weighted by atomic mass is 9.99. The Balaban J connectivity index is 1.34. The molecule has 0 radical (unpaired) electrons. The molecule has 4 heterocycles. The van der Waals surface area contributed by atoms with Crippen molar-refractivity contribution in [2.24, 2.45) is 15.3 Å². The second-order valence-electron chi connectivity index (χ2n) is 9.45. The summed E-state index contributed by atoms with van der Waals surface area (Å²) in [5.74, 6) is -1.23. The highest BCUT2D eigenvalue weighted by Crippen LogP contribution is 2.35. The van der Waals surface area contributed by atoms with Crippen molar-refractivity contribution in [2.45, 2.75) is 84.9 Å². The number of nitrogens with zero attached hydrogens (tertiary/aromatic N) is 5. The van der Waals surface area contributed by atoms with E-state index in [1.54, 1.807) is 23.5 Å². The molecule has 6 N–H and O–H groups in total. The second kappa shape index (κ2) is 11.6. The van der Waals surface area contributed by atoms with E-state index >= 15 is 0 Å². The van der Waals surface area contributed by atoms with Gasteiger partial charge in [0.1, 0.15) is 0 Å². The summed E-state index contributed by atoms with van der Waals surface area (Å²) in [4.78, 5) is 49.6. The Morgan fingerprint density at radius 3 is 2.08 bits per heavy atom. The lowest BCUT2D eigenvalue weighted by Crippen LogP contribution is -2.38. The van der Waals surface area contributed by atoms with E-state index in [4.69, 9.17) is 5.53 Å². The summed E-state index contributed by atoms with van der Waals surface area (Å²) in [6, 6.07) is -1.70. The molecule has 4 aliphatic rings. The number of amides is 4. The fourth-order valence-electron chi connectivity index (χ4n) is 5.13. The van der Waals surface area contributed by atoms with Crippen LogP contribution in [-0.2, 0) is 9.59 Å². The van der Waals surface area contributed by atoms with Gasteiger partial charge in [-0.1, -0.05) is 0 Å². The summed E-state index contributed by atoms with van der Waals surface area (Å²) in [7, 11) is 0. The highest BCUT2D eigenvalue weighted by molar-refractivity contribution is 8.00. The zero-order valence-corrected chi connectivity index (χ0v) is 21.4. The first-order valence-electron chi connectivity index (χ1n) is 12.0. The van der Waals surface area contributed by atoms with E-state index in [0.717, 1.165) is 11.5 Å². The smallest absolute Gasteiger partial charge is 0.339 e. The molecule has 17 heteroatoms. The molecular formula is C20H29N9O6S2. The third-order valence-corrected chi connectivity index (χ3v) is 10.1. The van der Waals surface area contributed by atoms with Crippen LogP contribution in [-0.4, -0.2) is 92.1 Å². The molecule has 0 aromatic carbocycles. The molecule has 0 aromatic heterocycles. The average Bonchev–Trinajstić information content (AvgIpc) is 3.58. The summed E-state index contributed by atoms with van der Waals surface area (Å²) >= 11 is 3.38. The molecule has 202 valence electrons. The van der Waals surface area contributed by atoms with Gasteiger partial charge in [-0.3, -0.25) is 0 Å². The maximum absolute atomic E-state index is 12.1. The molecule has 37 heavy (non-hydrogen) atoms. The summed E-state index contributed by atoms with van der Waals surface area (Å²) in [5, 5.41) is 42.1. The van der Waals surface area contributed by atoms with Crippen molar-refractivity contribution in [1.82, 2.24) is 21.3 Å². The number of carbonyl (C=O) groups excluding carboxylic acids is 2. The zero-order chi connectivity index (χ0) is 26.6. The molecule has 4 amide bonds. The van der Waals surface area contributed by atoms with E-state index < -0.39 is 23.6 Å². The number of fused-ring (bicyclic) bond motifs is 2. The largest absolute Gasteiger partial charge is 0.480 e. The highest BCUT2D eigenvalue weighted by Gasteiger charge is 2.45. The average molecular weight is 556 g/mol. The third-order valence-electron chi connectivity index (χ3n) is 7.06. The lowest BCUT2D eigenvalue weighted by molar-refractivity contribution is -0.144. The first kappa shape index (κ1) is 27.1. The number of aliphatic carboxylic acids is 2. The maximum atomic E-state index is 12.1. The van der Waals surface area contributed by atoms with Gasteiger partial charge in [-0.2, -0.15) is 33.8 Å². The van der Waals surface area contributed by atoms with Crippen LogP contribution in [0.4, 0.5) is 9.59 Å². The normalized spacial score (nSPS) is 32.3. The Hall–Kier alpha value is -2.91. The van der Waals surface area contributed by atoms with Crippen LogP contribution in [0.2, 0.25) is 0 Å². The Morgan fingerprint density at radius 1 is 1.00 bits per heavy atom. The predicted octanol–water partition coefficient (Wildman–Crippen LogP) is 1.65. The van der Waals surface area contributed by atoms with Crippen molar-refractivity contribution < 1.29 is 29.4 Å². The van der Waals surface area contributed by atoms with Gasteiger partial charge in [-0.25, -0.2) is 19.2 Å². The van der Waals surface area contributed by atoms with Gasteiger partial charge in [0.25, 0.3) is 5.66 Å². The molecular weight excluding hydrogens is 526 g/mol. The Labute approximate surface area is 220 Å². The minimum absolute atomic E-state index is 0.00586.